The third kappa shape index (κ3) is 0.536. The molecule has 50 valence electrons. The molecular formula is C7H9ClO. The Hall–Kier alpha value is -0.0400. The predicted molar refractivity (Wildman–Crippen MR) is 35.5 cm³/mol. The highest BCUT2D eigenvalue weighted by Crippen LogP contribution is 2.62. The van der Waals surface area contributed by atoms with Crippen molar-refractivity contribution in [3.05, 3.63) is 0 Å². The Balaban J connectivity index is 2.23. The molecule has 9 heavy (non-hydrogen) atoms. The van der Waals surface area contributed by atoms with Gasteiger partial charge in [0.15, 0.2) is 0 Å². The number of fused-ring (bicyclic) bond motifs is 1. The summed E-state index contributed by atoms with van der Waals surface area (Å²) in [6.07, 6.45) is 1.81. The lowest BCUT2D eigenvalue weighted by Crippen LogP contribution is -2.07. The molecule has 0 bridgehead atoms. The largest absolute Gasteiger partial charge is 0.299 e. The number of carbonyl (C=O) groups excluding carboxylic acids is 1. The van der Waals surface area contributed by atoms with Crippen molar-refractivity contribution in [2.45, 2.75) is 24.6 Å². The molecule has 0 saturated heterocycles. The number of hydrogen-bond acceptors (Lipinski definition) is 1. The lowest BCUT2D eigenvalue weighted by atomic mass is 10.1. The number of Topliss-reactive ketones (excluding diaryl/α,β-unsaturated/α-hetero) is 1. The van der Waals surface area contributed by atoms with E-state index >= 15 is 0 Å². The van der Waals surface area contributed by atoms with Gasteiger partial charge in [-0.2, -0.15) is 0 Å². The van der Waals surface area contributed by atoms with Gasteiger partial charge in [-0.15, -0.1) is 11.6 Å². The van der Waals surface area contributed by atoms with Crippen molar-refractivity contribution >= 4 is 17.4 Å². The standard InChI is InChI=1S/C7H9ClO/c1-7(8)4-2-3-5(9)6(4)7/h4,6H,2-3H2,1H3/t4-,6+,7-/m0/s1. The van der Waals surface area contributed by atoms with E-state index in [1.807, 2.05) is 6.92 Å². The Labute approximate surface area is 59.4 Å². The van der Waals surface area contributed by atoms with Crippen molar-refractivity contribution in [2.24, 2.45) is 11.8 Å². The molecule has 0 spiro atoms. The first-order valence-electron chi connectivity index (χ1n) is 3.35. The molecule has 2 aliphatic carbocycles. The van der Waals surface area contributed by atoms with Gasteiger partial charge in [0, 0.05) is 12.3 Å². The maximum atomic E-state index is 10.9. The summed E-state index contributed by atoms with van der Waals surface area (Å²) in [5.41, 5.74) is 0. The van der Waals surface area contributed by atoms with E-state index in [0.717, 1.165) is 12.8 Å². The van der Waals surface area contributed by atoms with Crippen molar-refractivity contribution in [3.63, 3.8) is 0 Å². The maximum absolute atomic E-state index is 10.9. The van der Waals surface area contributed by atoms with Gasteiger partial charge in [-0.25, -0.2) is 0 Å². The fraction of sp³-hybridized carbons (Fsp3) is 0.857. The average molecular weight is 145 g/mol. The zero-order valence-corrected chi connectivity index (χ0v) is 6.11. The molecule has 0 heterocycles. The fourth-order valence-corrected chi connectivity index (χ4v) is 2.45. The van der Waals surface area contributed by atoms with Crippen LogP contribution < -0.4 is 0 Å². The summed E-state index contributed by atoms with van der Waals surface area (Å²) < 4.78 is 0. The highest BCUT2D eigenvalue weighted by Gasteiger charge is 2.66. The molecule has 1 nitrogen and oxygen atoms in total. The minimum absolute atomic E-state index is 0.144. The van der Waals surface area contributed by atoms with E-state index in [2.05, 4.69) is 0 Å². The van der Waals surface area contributed by atoms with Crippen molar-refractivity contribution < 1.29 is 4.79 Å². The SMILES string of the molecule is C[C@]1(Cl)[C@H]2CCC(=O)[C@@H]21. The Morgan fingerprint density at radius 1 is 1.78 bits per heavy atom. The average Bonchev–Trinajstić information content (AvgIpc) is 2.19. The first-order chi connectivity index (χ1) is 4.14. The van der Waals surface area contributed by atoms with Crippen molar-refractivity contribution in [3.8, 4) is 0 Å². The number of halogens is 1. The van der Waals surface area contributed by atoms with Crippen LogP contribution in [0.4, 0.5) is 0 Å². The third-order valence-corrected chi connectivity index (χ3v) is 3.19. The topological polar surface area (TPSA) is 17.1 Å². The number of ketones is 1. The van der Waals surface area contributed by atoms with Crippen molar-refractivity contribution in [1.82, 2.24) is 0 Å². The normalized spacial score (nSPS) is 55.6. The first-order valence-corrected chi connectivity index (χ1v) is 3.73. The zero-order chi connectivity index (χ0) is 6.65. The molecule has 2 heteroatoms. The van der Waals surface area contributed by atoms with Gasteiger partial charge in [-0.1, -0.05) is 0 Å². The Morgan fingerprint density at radius 2 is 2.44 bits per heavy atom. The van der Waals surface area contributed by atoms with Crippen LogP contribution in [0.15, 0.2) is 0 Å². The van der Waals surface area contributed by atoms with Crippen molar-refractivity contribution in [1.29, 1.82) is 0 Å². The summed E-state index contributed by atoms with van der Waals surface area (Å²) in [7, 11) is 0. The van der Waals surface area contributed by atoms with E-state index in [1.165, 1.54) is 0 Å². The molecule has 0 aromatic heterocycles. The second-order valence-electron chi connectivity index (χ2n) is 3.24. The molecule has 0 N–H and O–H groups in total. The molecule has 0 radical (unpaired) electrons. The molecule has 2 rings (SSSR count). The zero-order valence-electron chi connectivity index (χ0n) is 5.36. The van der Waals surface area contributed by atoms with E-state index < -0.39 is 0 Å². The maximum Gasteiger partial charge on any atom is 0.138 e. The Kier molecular flexibility index (Phi) is 0.852. The quantitative estimate of drug-likeness (QED) is 0.472. The monoisotopic (exact) mass is 144 g/mol. The molecule has 0 amide bonds. The lowest BCUT2D eigenvalue weighted by molar-refractivity contribution is -0.119. The van der Waals surface area contributed by atoms with E-state index in [1.54, 1.807) is 0 Å². The molecule has 3 atom stereocenters. The van der Waals surface area contributed by atoms with Crippen molar-refractivity contribution in [2.75, 3.05) is 0 Å². The van der Waals surface area contributed by atoms with Crippen LogP contribution in [0.1, 0.15) is 19.8 Å². The first kappa shape index (κ1) is 5.72. The number of alkyl halides is 1. The molecular weight excluding hydrogens is 136 g/mol. The number of rotatable bonds is 0. The molecule has 2 aliphatic rings. The number of hydrogen-bond donors (Lipinski definition) is 0. The smallest absolute Gasteiger partial charge is 0.138 e. The lowest BCUT2D eigenvalue weighted by Gasteiger charge is -2.01. The summed E-state index contributed by atoms with van der Waals surface area (Å²) in [4.78, 5) is 10.8. The highest BCUT2D eigenvalue weighted by atomic mass is 35.5. The van der Waals surface area contributed by atoms with Gasteiger partial charge in [-0.05, 0) is 19.3 Å². The van der Waals surface area contributed by atoms with Gasteiger partial charge >= 0.3 is 0 Å². The molecule has 2 saturated carbocycles. The minimum Gasteiger partial charge on any atom is -0.299 e. The molecule has 2 fully saturated rings. The highest BCUT2D eigenvalue weighted by molar-refractivity contribution is 6.29. The van der Waals surface area contributed by atoms with Gasteiger partial charge in [0.1, 0.15) is 5.78 Å². The summed E-state index contributed by atoms with van der Waals surface area (Å²) in [6, 6.07) is 0. The van der Waals surface area contributed by atoms with Gasteiger partial charge in [-0.3, -0.25) is 4.79 Å². The summed E-state index contributed by atoms with van der Waals surface area (Å²) in [5.74, 6) is 1.13. The minimum atomic E-state index is -0.144. The van der Waals surface area contributed by atoms with Crippen LogP contribution in [0.3, 0.4) is 0 Å². The van der Waals surface area contributed by atoms with E-state index in [4.69, 9.17) is 11.6 Å². The van der Waals surface area contributed by atoms with Crippen LogP contribution in [-0.2, 0) is 4.79 Å². The van der Waals surface area contributed by atoms with Crippen LogP contribution in [-0.4, -0.2) is 10.7 Å². The molecule has 0 aliphatic heterocycles. The van der Waals surface area contributed by atoms with E-state index in [0.29, 0.717) is 11.7 Å². The second-order valence-corrected chi connectivity index (χ2v) is 4.05. The summed E-state index contributed by atoms with van der Waals surface area (Å²) in [5, 5.41) is 0. The van der Waals surface area contributed by atoms with Crippen LogP contribution in [0.25, 0.3) is 0 Å². The van der Waals surface area contributed by atoms with Gasteiger partial charge < -0.3 is 0 Å². The Bertz CT molecular complexity index is 174. The molecule has 0 unspecified atom stereocenters. The molecule has 0 aromatic carbocycles. The fourth-order valence-electron chi connectivity index (χ4n) is 2.01. The van der Waals surface area contributed by atoms with E-state index in [-0.39, 0.29) is 10.8 Å². The van der Waals surface area contributed by atoms with Crippen LogP contribution in [0.5, 0.6) is 0 Å². The molecule has 0 aromatic rings. The van der Waals surface area contributed by atoms with Crippen LogP contribution >= 0.6 is 11.6 Å². The second kappa shape index (κ2) is 1.34. The van der Waals surface area contributed by atoms with Gasteiger partial charge in [0.25, 0.3) is 0 Å². The van der Waals surface area contributed by atoms with E-state index in [9.17, 15) is 4.79 Å². The summed E-state index contributed by atoms with van der Waals surface area (Å²) >= 11 is 5.98. The van der Waals surface area contributed by atoms with Crippen LogP contribution in [0.2, 0.25) is 0 Å². The van der Waals surface area contributed by atoms with Gasteiger partial charge in [0.2, 0.25) is 0 Å². The van der Waals surface area contributed by atoms with Gasteiger partial charge in [0.05, 0.1) is 4.87 Å². The van der Waals surface area contributed by atoms with Crippen LogP contribution in [0, 0.1) is 11.8 Å². The summed E-state index contributed by atoms with van der Waals surface area (Å²) in [6.45, 7) is 1.97. The third-order valence-electron chi connectivity index (χ3n) is 2.67. The Morgan fingerprint density at radius 3 is 2.67 bits per heavy atom. The number of carbonyl (C=O) groups is 1. The predicted octanol–water partition coefficient (Wildman–Crippen LogP) is 1.59.